The summed E-state index contributed by atoms with van der Waals surface area (Å²) < 4.78 is 6.63. The molecule has 3 aromatic rings. The van der Waals surface area contributed by atoms with E-state index in [4.69, 9.17) is 16.3 Å². The molecule has 4 heteroatoms. The normalized spacial score (nSPS) is 11.9. The van der Waals surface area contributed by atoms with Gasteiger partial charge < -0.3 is 9.64 Å². The van der Waals surface area contributed by atoms with E-state index < -0.39 is 0 Å². The maximum atomic E-state index is 6.64. The Bertz CT molecular complexity index is 867. The van der Waals surface area contributed by atoms with E-state index >= 15 is 0 Å². The Morgan fingerprint density at radius 3 is 2.30 bits per heavy atom. The zero-order valence-corrected chi connectivity index (χ0v) is 17.9. The van der Waals surface area contributed by atoms with Crippen LogP contribution in [0.1, 0.15) is 31.0 Å². The van der Waals surface area contributed by atoms with Gasteiger partial charge in [-0.15, -0.1) is 0 Å². The molecular weight excluding hydrogens is 422 g/mol. The van der Waals surface area contributed by atoms with Crippen LogP contribution in [-0.2, 0) is 0 Å². The number of hydrogen-bond acceptors (Lipinski definition) is 2. The third kappa shape index (κ3) is 4.66. The molecule has 0 aromatic heterocycles. The topological polar surface area (TPSA) is 12.5 Å². The number of benzene rings is 3. The molecule has 2 nitrogen and oxygen atoms in total. The first kappa shape index (κ1) is 19.8. The van der Waals surface area contributed by atoms with Gasteiger partial charge in [0.05, 0.1) is 12.6 Å². The van der Waals surface area contributed by atoms with Gasteiger partial charge in [0.1, 0.15) is 5.75 Å². The van der Waals surface area contributed by atoms with Crippen LogP contribution < -0.4 is 9.64 Å². The molecule has 0 heterocycles. The summed E-state index contributed by atoms with van der Waals surface area (Å²) in [5.41, 5.74) is 3.40. The largest absolute Gasteiger partial charge is 0.494 e. The van der Waals surface area contributed by atoms with Crippen molar-refractivity contribution in [2.75, 3.05) is 18.1 Å². The molecule has 0 radical (unpaired) electrons. The number of para-hydroxylation sites is 1. The lowest BCUT2D eigenvalue weighted by Gasteiger charge is -2.34. The first-order chi connectivity index (χ1) is 13.1. The summed E-state index contributed by atoms with van der Waals surface area (Å²) in [6.07, 6.45) is 0. The quantitative estimate of drug-likeness (QED) is 0.385. The Morgan fingerprint density at radius 2 is 1.67 bits per heavy atom. The second-order valence-corrected chi connectivity index (χ2v) is 7.51. The van der Waals surface area contributed by atoms with E-state index in [2.05, 4.69) is 70.2 Å². The van der Waals surface area contributed by atoms with Gasteiger partial charge in [0.25, 0.3) is 0 Å². The Hall–Kier alpha value is -1.97. The van der Waals surface area contributed by atoms with Crippen molar-refractivity contribution in [3.05, 3.63) is 93.4 Å². The zero-order chi connectivity index (χ0) is 19.2. The van der Waals surface area contributed by atoms with Gasteiger partial charge in [0.2, 0.25) is 0 Å². The molecule has 0 aliphatic rings. The number of rotatable bonds is 7. The molecule has 3 aromatic carbocycles. The molecule has 0 fully saturated rings. The van der Waals surface area contributed by atoms with Crippen molar-refractivity contribution < 1.29 is 4.74 Å². The fourth-order valence-corrected chi connectivity index (χ4v) is 3.90. The summed E-state index contributed by atoms with van der Waals surface area (Å²) in [7, 11) is 0. The predicted molar refractivity (Wildman–Crippen MR) is 118 cm³/mol. The van der Waals surface area contributed by atoms with E-state index in [9.17, 15) is 0 Å². The molecule has 0 saturated carbocycles. The SMILES string of the molecule is CCOc1ccc(C(c2cc(Br)ccc2Cl)N(CC)c2ccccc2)cc1. The second kappa shape index (κ2) is 9.29. The van der Waals surface area contributed by atoms with Gasteiger partial charge in [-0.2, -0.15) is 0 Å². The van der Waals surface area contributed by atoms with Crippen LogP contribution in [0.3, 0.4) is 0 Å². The molecular formula is C23H23BrClNO. The van der Waals surface area contributed by atoms with Gasteiger partial charge in [-0.3, -0.25) is 0 Å². The highest BCUT2D eigenvalue weighted by molar-refractivity contribution is 9.10. The van der Waals surface area contributed by atoms with Crippen molar-refractivity contribution in [2.45, 2.75) is 19.9 Å². The zero-order valence-electron chi connectivity index (χ0n) is 15.5. The van der Waals surface area contributed by atoms with Crippen LogP contribution in [0.5, 0.6) is 5.75 Å². The van der Waals surface area contributed by atoms with Crippen LogP contribution in [0.15, 0.2) is 77.3 Å². The molecule has 27 heavy (non-hydrogen) atoms. The van der Waals surface area contributed by atoms with Gasteiger partial charge in [-0.1, -0.05) is 57.9 Å². The average molecular weight is 445 g/mol. The van der Waals surface area contributed by atoms with Crippen molar-refractivity contribution >= 4 is 33.2 Å². The molecule has 0 bridgehead atoms. The smallest absolute Gasteiger partial charge is 0.119 e. The summed E-state index contributed by atoms with van der Waals surface area (Å²) >= 11 is 10.2. The lowest BCUT2D eigenvalue weighted by atomic mass is 9.96. The minimum absolute atomic E-state index is 0.00178. The molecule has 1 atom stereocenters. The standard InChI is InChI=1S/C23H23BrClNO/c1-3-26(19-8-6-5-7-9-19)23(21-16-18(24)12-15-22(21)25)17-10-13-20(14-11-17)27-4-2/h5-16,23H,3-4H2,1-2H3. The van der Waals surface area contributed by atoms with E-state index in [1.807, 2.05) is 37.3 Å². The van der Waals surface area contributed by atoms with Crippen LogP contribution in [-0.4, -0.2) is 13.2 Å². The van der Waals surface area contributed by atoms with Gasteiger partial charge in [-0.25, -0.2) is 0 Å². The van der Waals surface area contributed by atoms with Crippen molar-refractivity contribution in [3.8, 4) is 5.75 Å². The Morgan fingerprint density at radius 1 is 0.963 bits per heavy atom. The van der Waals surface area contributed by atoms with Gasteiger partial charge in [0, 0.05) is 21.7 Å². The van der Waals surface area contributed by atoms with E-state index in [1.54, 1.807) is 0 Å². The molecule has 0 spiro atoms. The van der Waals surface area contributed by atoms with E-state index in [-0.39, 0.29) is 6.04 Å². The Balaban J connectivity index is 2.12. The fourth-order valence-electron chi connectivity index (χ4n) is 3.30. The summed E-state index contributed by atoms with van der Waals surface area (Å²) in [5, 5.41) is 0.756. The van der Waals surface area contributed by atoms with Crippen LogP contribution in [0.25, 0.3) is 0 Å². The van der Waals surface area contributed by atoms with E-state index in [0.717, 1.165) is 33.0 Å². The first-order valence-electron chi connectivity index (χ1n) is 9.13. The van der Waals surface area contributed by atoms with Crippen molar-refractivity contribution in [1.29, 1.82) is 0 Å². The Labute approximate surface area is 174 Å². The van der Waals surface area contributed by atoms with Crippen LogP contribution >= 0.6 is 27.5 Å². The van der Waals surface area contributed by atoms with Crippen molar-refractivity contribution in [1.82, 2.24) is 0 Å². The lowest BCUT2D eigenvalue weighted by molar-refractivity contribution is 0.340. The molecule has 0 aliphatic carbocycles. The van der Waals surface area contributed by atoms with Crippen LogP contribution in [0.2, 0.25) is 5.02 Å². The summed E-state index contributed by atoms with van der Waals surface area (Å²) in [6, 6.07) is 24.8. The van der Waals surface area contributed by atoms with E-state index in [1.165, 1.54) is 5.56 Å². The third-order valence-corrected chi connectivity index (χ3v) is 5.34. The maximum Gasteiger partial charge on any atom is 0.119 e. The molecule has 0 saturated heterocycles. The van der Waals surface area contributed by atoms with Crippen LogP contribution in [0, 0.1) is 0 Å². The Kier molecular flexibility index (Phi) is 6.81. The summed E-state index contributed by atoms with van der Waals surface area (Å²) in [4.78, 5) is 2.36. The third-order valence-electron chi connectivity index (χ3n) is 4.50. The molecule has 3 rings (SSSR count). The fraction of sp³-hybridized carbons (Fsp3) is 0.217. The number of ether oxygens (including phenoxy) is 1. The molecule has 0 aliphatic heterocycles. The molecule has 1 unspecified atom stereocenters. The van der Waals surface area contributed by atoms with Gasteiger partial charge >= 0.3 is 0 Å². The maximum absolute atomic E-state index is 6.64. The van der Waals surface area contributed by atoms with Gasteiger partial charge in [-0.05, 0) is 67.4 Å². The lowest BCUT2D eigenvalue weighted by Crippen LogP contribution is -2.29. The number of halogens is 2. The highest BCUT2D eigenvalue weighted by atomic mass is 79.9. The van der Waals surface area contributed by atoms with Gasteiger partial charge in [0.15, 0.2) is 0 Å². The highest BCUT2D eigenvalue weighted by Gasteiger charge is 2.24. The minimum Gasteiger partial charge on any atom is -0.494 e. The van der Waals surface area contributed by atoms with E-state index in [0.29, 0.717) is 6.61 Å². The van der Waals surface area contributed by atoms with Crippen molar-refractivity contribution in [2.24, 2.45) is 0 Å². The monoisotopic (exact) mass is 443 g/mol. The summed E-state index contributed by atoms with van der Waals surface area (Å²) in [5.74, 6) is 0.878. The number of anilines is 1. The molecule has 0 amide bonds. The minimum atomic E-state index is -0.00178. The molecule has 0 N–H and O–H groups in total. The predicted octanol–water partition coefficient (Wildman–Crippen LogP) is 7.12. The van der Waals surface area contributed by atoms with Crippen molar-refractivity contribution in [3.63, 3.8) is 0 Å². The number of hydrogen-bond donors (Lipinski definition) is 0. The summed E-state index contributed by atoms with van der Waals surface area (Å²) in [6.45, 7) is 5.67. The highest BCUT2D eigenvalue weighted by Crippen LogP contribution is 2.38. The van der Waals surface area contributed by atoms with Crippen LogP contribution in [0.4, 0.5) is 5.69 Å². The molecule has 140 valence electrons. The first-order valence-corrected chi connectivity index (χ1v) is 10.3. The second-order valence-electron chi connectivity index (χ2n) is 6.19. The average Bonchev–Trinajstić information content (AvgIpc) is 2.70. The number of nitrogens with zero attached hydrogens (tertiary/aromatic N) is 1.